The molecule has 0 saturated carbocycles. The summed E-state index contributed by atoms with van der Waals surface area (Å²) in [5.74, 6) is 0.615. The number of hydrogen-bond acceptors (Lipinski definition) is 3. The van der Waals surface area contributed by atoms with E-state index in [9.17, 15) is 0 Å². The summed E-state index contributed by atoms with van der Waals surface area (Å²) in [6.45, 7) is 0. The predicted molar refractivity (Wildman–Crippen MR) is 101 cm³/mol. The van der Waals surface area contributed by atoms with E-state index >= 15 is 0 Å². The van der Waals surface area contributed by atoms with E-state index in [1.54, 1.807) is 12.3 Å². The van der Waals surface area contributed by atoms with Crippen molar-refractivity contribution >= 4 is 11.6 Å². The second kappa shape index (κ2) is 6.83. The number of halogens is 1. The van der Waals surface area contributed by atoms with Gasteiger partial charge in [0.25, 0.3) is 0 Å². The molecular weight excluding hydrogens is 330 g/mol. The maximum absolute atomic E-state index is 6.22. The molecule has 0 fully saturated rings. The minimum Gasteiger partial charge on any atom is -0.264 e. The zero-order chi connectivity index (χ0) is 17.1. The molecule has 0 bridgehead atoms. The number of nitrogens with zero attached hydrogens (tertiary/aromatic N) is 3. The molecule has 0 aliphatic carbocycles. The van der Waals surface area contributed by atoms with Crippen LogP contribution in [0.15, 0.2) is 85.2 Å². The maximum Gasteiger partial charge on any atom is 0.161 e. The third kappa shape index (κ3) is 3.42. The zero-order valence-corrected chi connectivity index (χ0v) is 14.1. The minimum atomic E-state index is 0.431. The monoisotopic (exact) mass is 343 g/mol. The van der Waals surface area contributed by atoms with Gasteiger partial charge in [0.05, 0.1) is 5.69 Å². The lowest BCUT2D eigenvalue weighted by Gasteiger charge is -2.07. The number of rotatable bonds is 3. The Kier molecular flexibility index (Phi) is 4.23. The summed E-state index contributed by atoms with van der Waals surface area (Å²) in [5, 5.41) is 0.431. The van der Waals surface area contributed by atoms with Gasteiger partial charge in [0.1, 0.15) is 5.15 Å². The van der Waals surface area contributed by atoms with Crippen LogP contribution in [0.25, 0.3) is 33.8 Å². The number of pyridine rings is 1. The molecule has 0 aliphatic rings. The van der Waals surface area contributed by atoms with Crippen molar-refractivity contribution in [1.29, 1.82) is 0 Å². The van der Waals surface area contributed by atoms with Crippen molar-refractivity contribution in [2.45, 2.75) is 0 Å². The van der Waals surface area contributed by atoms with Crippen LogP contribution < -0.4 is 0 Å². The van der Waals surface area contributed by atoms with Crippen LogP contribution in [0.1, 0.15) is 0 Å². The highest BCUT2D eigenvalue weighted by atomic mass is 35.5. The van der Waals surface area contributed by atoms with Crippen LogP contribution in [0.4, 0.5) is 0 Å². The Morgan fingerprint density at radius 1 is 0.640 bits per heavy atom. The second-order valence-electron chi connectivity index (χ2n) is 5.58. The second-order valence-corrected chi connectivity index (χ2v) is 5.97. The molecule has 0 unspecified atom stereocenters. The average molecular weight is 344 g/mol. The highest BCUT2D eigenvalue weighted by Crippen LogP contribution is 2.26. The summed E-state index contributed by atoms with van der Waals surface area (Å²) in [7, 11) is 0. The lowest BCUT2D eigenvalue weighted by atomic mass is 10.1. The van der Waals surface area contributed by atoms with E-state index in [4.69, 9.17) is 11.6 Å². The standard InChI is InChI=1S/C21H14ClN3/c22-20-13-19(16-5-2-1-3-6-16)24-21(25-20)17-10-8-15(9-11-17)18-7-4-12-23-14-18/h1-14H. The first-order valence-corrected chi connectivity index (χ1v) is 8.28. The van der Waals surface area contributed by atoms with E-state index in [0.717, 1.165) is 27.9 Å². The number of benzene rings is 2. The molecule has 0 spiro atoms. The highest BCUT2D eigenvalue weighted by Gasteiger charge is 2.08. The molecule has 3 nitrogen and oxygen atoms in total. The van der Waals surface area contributed by atoms with E-state index in [-0.39, 0.29) is 0 Å². The van der Waals surface area contributed by atoms with Crippen LogP contribution >= 0.6 is 11.6 Å². The minimum absolute atomic E-state index is 0.431. The smallest absolute Gasteiger partial charge is 0.161 e. The highest BCUT2D eigenvalue weighted by molar-refractivity contribution is 6.29. The molecule has 0 radical (unpaired) electrons. The van der Waals surface area contributed by atoms with Crippen molar-refractivity contribution in [3.63, 3.8) is 0 Å². The van der Waals surface area contributed by atoms with Crippen LogP contribution in [0, 0.1) is 0 Å². The third-order valence-electron chi connectivity index (χ3n) is 3.90. The summed E-state index contributed by atoms with van der Waals surface area (Å²) < 4.78 is 0. The normalized spacial score (nSPS) is 10.6. The molecular formula is C21H14ClN3. The molecule has 0 atom stereocenters. The molecule has 2 heterocycles. The number of hydrogen-bond donors (Lipinski definition) is 0. The van der Waals surface area contributed by atoms with Gasteiger partial charge >= 0.3 is 0 Å². The lowest BCUT2D eigenvalue weighted by molar-refractivity contribution is 1.18. The first-order valence-electron chi connectivity index (χ1n) is 7.90. The Labute approximate surface area is 151 Å². The Balaban J connectivity index is 1.71. The molecule has 0 amide bonds. The predicted octanol–water partition coefficient (Wildman–Crippen LogP) is 5.53. The molecule has 4 aromatic rings. The molecule has 2 aromatic carbocycles. The molecule has 0 N–H and O–H groups in total. The summed E-state index contributed by atoms with van der Waals surface area (Å²) in [6.07, 6.45) is 3.61. The van der Waals surface area contributed by atoms with E-state index in [1.165, 1.54) is 0 Å². The van der Waals surface area contributed by atoms with Crippen molar-refractivity contribution in [3.05, 3.63) is 90.3 Å². The largest absolute Gasteiger partial charge is 0.264 e. The van der Waals surface area contributed by atoms with E-state index in [1.807, 2.05) is 72.9 Å². The summed E-state index contributed by atoms with van der Waals surface area (Å²) in [5.41, 5.74) is 4.92. The van der Waals surface area contributed by atoms with E-state index < -0.39 is 0 Å². The maximum atomic E-state index is 6.22. The zero-order valence-electron chi connectivity index (χ0n) is 13.3. The van der Waals surface area contributed by atoms with E-state index in [2.05, 4.69) is 15.0 Å². The molecule has 25 heavy (non-hydrogen) atoms. The van der Waals surface area contributed by atoms with Crippen LogP contribution in [-0.2, 0) is 0 Å². The van der Waals surface area contributed by atoms with Gasteiger partial charge in [-0.15, -0.1) is 0 Å². The van der Waals surface area contributed by atoms with Gasteiger partial charge in [-0.25, -0.2) is 9.97 Å². The van der Waals surface area contributed by atoms with Crippen LogP contribution in [0.3, 0.4) is 0 Å². The molecule has 120 valence electrons. The fourth-order valence-corrected chi connectivity index (χ4v) is 2.83. The molecule has 0 saturated heterocycles. The van der Waals surface area contributed by atoms with Crippen molar-refractivity contribution < 1.29 is 0 Å². The van der Waals surface area contributed by atoms with Crippen LogP contribution in [0.2, 0.25) is 5.15 Å². The quantitative estimate of drug-likeness (QED) is 0.459. The van der Waals surface area contributed by atoms with Gasteiger partial charge in [0.15, 0.2) is 5.82 Å². The Morgan fingerprint density at radius 3 is 2.08 bits per heavy atom. The van der Waals surface area contributed by atoms with Crippen molar-refractivity contribution in [2.75, 3.05) is 0 Å². The Hall–Kier alpha value is -3.04. The van der Waals surface area contributed by atoms with Gasteiger partial charge in [-0.3, -0.25) is 4.98 Å². The van der Waals surface area contributed by atoms with Gasteiger partial charge < -0.3 is 0 Å². The van der Waals surface area contributed by atoms with Gasteiger partial charge in [0.2, 0.25) is 0 Å². The van der Waals surface area contributed by atoms with Crippen molar-refractivity contribution in [3.8, 4) is 33.8 Å². The van der Waals surface area contributed by atoms with E-state index in [0.29, 0.717) is 11.0 Å². The van der Waals surface area contributed by atoms with Gasteiger partial charge in [-0.2, -0.15) is 0 Å². The first-order chi connectivity index (χ1) is 12.3. The third-order valence-corrected chi connectivity index (χ3v) is 4.10. The van der Waals surface area contributed by atoms with Crippen molar-refractivity contribution in [2.24, 2.45) is 0 Å². The molecule has 0 aliphatic heterocycles. The first kappa shape index (κ1) is 15.5. The SMILES string of the molecule is Clc1cc(-c2ccccc2)nc(-c2ccc(-c3cccnc3)cc2)n1. The van der Waals surface area contributed by atoms with Crippen molar-refractivity contribution in [1.82, 2.24) is 15.0 Å². The molecule has 4 heteroatoms. The summed E-state index contributed by atoms with van der Waals surface area (Å²) >= 11 is 6.22. The Morgan fingerprint density at radius 2 is 1.36 bits per heavy atom. The molecule has 2 aromatic heterocycles. The van der Waals surface area contributed by atoms with Crippen LogP contribution in [-0.4, -0.2) is 15.0 Å². The van der Waals surface area contributed by atoms with Crippen LogP contribution in [0.5, 0.6) is 0 Å². The van der Waals surface area contributed by atoms with Gasteiger partial charge in [0, 0.05) is 29.6 Å². The average Bonchev–Trinajstić information content (AvgIpc) is 2.69. The summed E-state index contributed by atoms with van der Waals surface area (Å²) in [4.78, 5) is 13.2. The summed E-state index contributed by atoms with van der Waals surface area (Å²) in [6, 6.07) is 23.8. The molecule has 4 rings (SSSR count). The lowest BCUT2D eigenvalue weighted by Crippen LogP contribution is -1.93. The van der Waals surface area contributed by atoms with Gasteiger partial charge in [-0.05, 0) is 17.2 Å². The van der Waals surface area contributed by atoms with Gasteiger partial charge in [-0.1, -0.05) is 72.3 Å². The Bertz CT molecular complexity index is 985. The fourth-order valence-electron chi connectivity index (χ4n) is 2.65. The number of aromatic nitrogens is 3. The fraction of sp³-hybridized carbons (Fsp3) is 0. The topological polar surface area (TPSA) is 38.7 Å².